The summed E-state index contributed by atoms with van der Waals surface area (Å²) in [6.45, 7) is 0. The Morgan fingerprint density at radius 2 is 1.90 bits per heavy atom. The first kappa shape index (κ1) is 15.5. The molecule has 6 nitrogen and oxygen atoms in total. The number of hydrogen-bond acceptors (Lipinski definition) is 5. The monoisotopic (exact) mass is 369 g/mol. The fraction of sp³-hybridized carbons (Fsp3) is 0.0769. The number of nitrogens with zero attached hydrogens (tertiary/aromatic N) is 1. The van der Waals surface area contributed by atoms with Crippen molar-refractivity contribution < 1.29 is 13.2 Å². The normalized spacial score (nSPS) is 11.1. The summed E-state index contributed by atoms with van der Waals surface area (Å²) in [6.07, 6.45) is 2.53. The van der Waals surface area contributed by atoms with Gasteiger partial charge in [-0.05, 0) is 46.3 Å². The van der Waals surface area contributed by atoms with Gasteiger partial charge in [0.25, 0.3) is 5.91 Å². The summed E-state index contributed by atoms with van der Waals surface area (Å²) in [5, 5.41) is 2.61. The summed E-state index contributed by atoms with van der Waals surface area (Å²) in [6, 6.07) is 7.27. The largest absolute Gasteiger partial charge is 0.397 e. The first-order valence-electron chi connectivity index (χ1n) is 5.80. The number of carbonyl (C=O) groups is 1. The van der Waals surface area contributed by atoms with Crippen molar-refractivity contribution in [3.63, 3.8) is 0 Å². The van der Waals surface area contributed by atoms with Crippen molar-refractivity contribution in [2.75, 3.05) is 17.3 Å². The molecule has 8 heteroatoms. The molecule has 2 aromatic rings. The van der Waals surface area contributed by atoms with E-state index in [0.717, 1.165) is 6.26 Å². The van der Waals surface area contributed by atoms with Crippen molar-refractivity contribution in [2.45, 2.75) is 4.90 Å². The molecule has 1 amide bonds. The molecule has 3 N–H and O–H groups in total. The van der Waals surface area contributed by atoms with Crippen LogP contribution >= 0.6 is 15.9 Å². The van der Waals surface area contributed by atoms with Crippen LogP contribution < -0.4 is 11.1 Å². The number of rotatable bonds is 3. The van der Waals surface area contributed by atoms with E-state index in [4.69, 9.17) is 5.73 Å². The summed E-state index contributed by atoms with van der Waals surface area (Å²) >= 11 is 3.25. The number of anilines is 2. The van der Waals surface area contributed by atoms with E-state index in [-0.39, 0.29) is 4.90 Å². The number of nitrogens with two attached hydrogens (primary N) is 1. The van der Waals surface area contributed by atoms with Crippen molar-refractivity contribution in [2.24, 2.45) is 0 Å². The average Bonchev–Trinajstić information content (AvgIpc) is 2.41. The summed E-state index contributed by atoms with van der Waals surface area (Å²) < 4.78 is 23.3. The van der Waals surface area contributed by atoms with Crippen LogP contribution in [0.4, 0.5) is 11.5 Å². The van der Waals surface area contributed by atoms with Crippen LogP contribution in [0.2, 0.25) is 0 Å². The minimum Gasteiger partial charge on any atom is -0.397 e. The van der Waals surface area contributed by atoms with Gasteiger partial charge in [0.15, 0.2) is 9.84 Å². The lowest BCUT2D eigenvalue weighted by atomic mass is 10.2. The Morgan fingerprint density at radius 3 is 2.43 bits per heavy atom. The molecule has 110 valence electrons. The zero-order valence-corrected chi connectivity index (χ0v) is 13.4. The smallest absolute Gasteiger partial charge is 0.256 e. The van der Waals surface area contributed by atoms with Gasteiger partial charge in [-0.25, -0.2) is 13.4 Å². The van der Waals surface area contributed by atoms with E-state index in [0.29, 0.717) is 21.5 Å². The van der Waals surface area contributed by atoms with Gasteiger partial charge in [0.2, 0.25) is 0 Å². The molecular formula is C13H12BrN3O3S. The van der Waals surface area contributed by atoms with Crippen LogP contribution in [0.15, 0.2) is 45.9 Å². The zero-order chi connectivity index (χ0) is 15.6. The summed E-state index contributed by atoms with van der Waals surface area (Å²) in [5.74, 6) is -0.0607. The molecule has 0 saturated heterocycles. The standard InChI is InChI=1S/C13H12BrN3O3S/c1-21(19,20)10-4-2-8(3-5-10)13(18)17-12-11(14)6-9(15)7-16-12/h2-7H,15H2,1H3,(H,16,17,18). The Kier molecular flexibility index (Phi) is 4.29. The molecule has 0 saturated carbocycles. The second kappa shape index (κ2) is 5.82. The van der Waals surface area contributed by atoms with E-state index in [1.165, 1.54) is 30.5 Å². The second-order valence-electron chi connectivity index (χ2n) is 4.35. The predicted molar refractivity (Wildman–Crippen MR) is 83.9 cm³/mol. The SMILES string of the molecule is CS(=O)(=O)c1ccc(C(=O)Nc2ncc(N)cc2Br)cc1. The number of aromatic nitrogens is 1. The predicted octanol–water partition coefficient (Wildman–Crippen LogP) is 2.08. The van der Waals surface area contributed by atoms with Crippen molar-refractivity contribution in [3.8, 4) is 0 Å². The highest BCUT2D eigenvalue weighted by molar-refractivity contribution is 9.10. The van der Waals surface area contributed by atoms with Gasteiger partial charge >= 0.3 is 0 Å². The lowest BCUT2D eigenvalue weighted by molar-refractivity contribution is 0.102. The van der Waals surface area contributed by atoms with Crippen LogP contribution in [0.1, 0.15) is 10.4 Å². The summed E-state index contributed by atoms with van der Waals surface area (Å²) in [7, 11) is -3.28. The van der Waals surface area contributed by atoms with Crippen molar-refractivity contribution in [1.29, 1.82) is 0 Å². The van der Waals surface area contributed by atoms with Gasteiger partial charge in [0.05, 0.1) is 21.3 Å². The number of hydrogen-bond donors (Lipinski definition) is 2. The van der Waals surface area contributed by atoms with E-state index in [1.54, 1.807) is 6.07 Å². The third kappa shape index (κ3) is 3.79. The Bertz CT molecular complexity index is 789. The topological polar surface area (TPSA) is 102 Å². The lowest BCUT2D eigenvalue weighted by Crippen LogP contribution is -2.13. The fourth-order valence-electron chi connectivity index (χ4n) is 1.58. The van der Waals surface area contributed by atoms with Gasteiger partial charge in [-0.1, -0.05) is 0 Å². The van der Waals surface area contributed by atoms with Gasteiger partial charge in [0, 0.05) is 11.8 Å². The van der Waals surface area contributed by atoms with E-state index in [1.807, 2.05) is 0 Å². The highest BCUT2D eigenvalue weighted by Crippen LogP contribution is 2.22. The lowest BCUT2D eigenvalue weighted by Gasteiger charge is -2.07. The first-order valence-corrected chi connectivity index (χ1v) is 8.48. The van der Waals surface area contributed by atoms with Crippen LogP contribution in [0.25, 0.3) is 0 Å². The number of amides is 1. The maximum Gasteiger partial charge on any atom is 0.256 e. The van der Waals surface area contributed by atoms with E-state index < -0.39 is 15.7 Å². The Hall–Kier alpha value is -1.93. The van der Waals surface area contributed by atoms with Gasteiger partial charge in [-0.15, -0.1) is 0 Å². The van der Waals surface area contributed by atoms with Crippen LogP contribution in [0, 0.1) is 0 Å². The van der Waals surface area contributed by atoms with Crippen LogP contribution in [-0.2, 0) is 9.84 Å². The van der Waals surface area contributed by atoms with E-state index in [9.17, 15) is 13.2 Å². The molecule has 0 bridgehead atoms. The molecule has 21 heavy (non-hydrogen) atoms. The van der Waals surface area contributed by atoms with Crippen molar-refractivity contribution >= 4 is 43.2 Å². The van der Waals surface area contributed by atoms with Crippen LogP contribution in [0.3, 0.4) is 0 Å². The fourth-order valence-corrected chi connectivity index (χ4v) is 2.67. The summed E-state index contributed by atoms with van der Waals surface area (Å²) in [4.78, 5) is 16.2. The third-order valence-electron chi connectivity index (χ3n) is 2.64. The molecule has 0 fully saturated rings. The quantitative estimate of drug-likeness (QED) is 0.861. The Balaban J connectivity index is 2.21. The molecule has 0 unspecified atom stereocenters. The molecule has 1 aromatic heterocycles. The number of pyridine rings is 1. The molecule has 1 heterocycles. The van der Waals surface area contributed by atoms with Crippen molar-refractivity contribution in [1.82, 2.24) is 4.98 Å². The first-order chi connectivity index (χ1) is 9.77. The van der Waals surface area contributed by atoms with Crippen LogP contribution in [-0.4, -0.2) is 25.6 Å². The number of sulfone groups is 1. The minimum atomic E-state index is -3.28. The Morgan fingerprint density at radius 1 is 1.29 bits per heavy atom. The third-order valence-corrected chi connectivity index (χ3v) is 4.37. The average molecular weight is 370 g/mol. The highest BCUT2D eigenvalue weighted by atomic mass is 79.9. The van der Waals surface area contributed by atoms with Gasteiger partial charge in [-0.3, -0.25) is 4.79 Å². The maximum atomic E-state index is 12.1. The molecule has 0 spiro atoms. The summed E-state index contributed by atoms with van der Waals surface area (Å²) in [5.41, 5.74) is 6.36. The molecule has 0 aliphatic rings. The molecule has 0 aliphatic carbocycles. The number of nitrogen functional groups attached to an aromatic ring is 1. The molecule has 0 atom stereocenters. The van der Waals surface area contributed by atoms with Crippen molar-refractivity contribution in [3.05, 3.63) is 46.6 Å². The number of benzene rings is 1. The molecule has 0 radical (unpaired) electrons. The van der Waals surface area contributed by atoms with Crippen LogP contribution in [0.5, 0.6) is 0 Å². The maximum absolute atomic E-state index is 12.1. The van der Waals surface area contributed by atoms with Gasteiger partial charge < -0.3 is 11.1 Å². The van der Waals surface area contributed by atoms with E-state index in [2.05, 4.69) is 26.2 Å². The molecule has 2 rings (SSSR count). The molecule has 0 aliphatic heterocycles. The number of nitrogens with one attached hydrogen (secondary N) is 1. The minimum absolute atomic E-state index is 0.158. The van der Waals surface area contributed by atoms with E-state index >= 15 is 0 Å². The number of carbonyl (C=O) groups excluding carboxylic acids is 1. The highest BCUT2D eigenvalue weighted by Gasteiger charge is 2.12. The molecular weight excluding hydrogens is 358 g/mol. The zero-order valence-electron chi connectivity index (χ0n) is 11.0. The Labute approximate surface area is 130 Å². The number of halogens is 1. The molecule has 1 aromatic carbocycles. The van der Waals surface area contributed by atoms with Gasteiger partial charge in [0.1, 0.15) is 5.82 Å². The van der Waals surface area contributed by atoms with Gasteiger partial charge in [-0.2, -0.15) is 0 Å². The second-order valence-corrected chi connectivity index (χ2v) is 7.22.